The highest BCUT2D eigenvalue weighted by atomic mass is 32.1. The van der Waals surface area contributed by atoms with E-state index < -0.39 is 23.6 Å². The lowest BCUT2D eigenvalue weighted by Gasteiger charge is -2.09. The van der Waals surface area contributed by atoms with E-state index >= 15 is 0 Å². The van der Waals surface area contributed by atoms with Crippen molar-refractivity contribution in [1.29, 1.82) is 0 Å². The van der Waals surface area contributed by atoms with E-state index in [1.807, 2.05) is 10.8 Å². The van der Waals surface area contributed by atoms with Gasteiger partial charge >= 0.3 is 18.0 Å². The number of alkyl halides is 3. The Morgan fingerprint density at radius 2 is 1.91 bits per heavy atom. The van der Waals surface area contributed by atoms with E-state index in [1.165, 1.54) is 23.6 Å². The molecule has 2 amide bonds. The molecule has 0 aliphatic rings. The van der Waals surface area contributed by atoms with Gasteiger partial charge in [0.2, 0.25) is 0 Å². The fourth-order valence-electron chi connectivity index (χ4n) is 1.53. The third kappa shape index (κ3) is 4.92. The molecule has 0 saturated heterocycles. The Bertz CT molecular complexity index is 727. The number of nitrogens with zero attached hydrogens (tertiary/aromatic N) is 1. The lowest BCUT2D eigenvalue weighted by molar-refractivity contribution is -0.137. The zero-order valence-electron chi connectivity index (χ0n) is 11.4. The number of benzene rings is 1. The van der Waals surface area contributed by atoms with Crippen LogP contribution in [0.15, 0.2) is 46.9 Å². The minimum absolute atomic E-state index is 0.137. The van der Waals surface area contributed by atoms with Crippen molar-refractivity contribution in [3.05, 3.63) is 52.2 Å². The number of rotatable bonds is 3. The number of hydrogen-bond donors (Lipinski definition) is 2. The molecule has 1 aromatic heterocycles. The van der Waals surface area contributed by atoms with Crippen LogP contribution >= 0.6 is 11.3 Å². The third-order valence-electron chi connectivity index (χ3n) is 2.56. The van der Waals surface area contributed by atoms with E-state index in [4.69, 9.17) is 0 Å². The van der Waals surface area contributed by atoms with Crippen LogP contribution in [-0.2, 0) is 15.8 Å². The molecule has 0 spiro atoms. The number of hydrogen-bond acceptors (Lipinski definition) is 4. The fraction of sp³-hybridized carbons (Fsp3) is 0.0714. The molecule has 1 aromatic carbocycles. The monoisotopic (exact) mass is 341 g/mol. The Labute approximate surface area is 132 Å². The summed E-state index contributed by atoms with van der Waals surface area (Å²) < 4.78 is 37.7. The molecule has 2 aromatic rings. The smallest absolute Gasteiger partial charge is 0.318 e. The van der Waals surface area contributed by atoms with Gasteiger partial charge in [-0.05, 0) is 29.6 Å². The summed E-state index contributed by atoms with van der Waals surface area (Å²) in [4.78, 5) is 23.9. The Morgan fingerprint density at radius 3 is 2.57 bits per heavy atom. The zero-order chi connectivity index (χ0) is 16.9. The molecule has 9 heteroatoms. The number of halogens is 3. The Hall–Kier alpha value is -2.68. The molecule has 120 valence electrons. The minimum atomic E-state index is -4.53. The molecule has 0 fully saturated rings. The van der Waals surface area contributed by atoms with Gasteiger partial charge in [0.15, 0.2) is 0 Å². The molecule has 0 bridgehead atoms. The van der Waals surface area contributed by atoms with Crippen LogP contribution in [0, 0.1) is 0 Å². The molecule has 0 atom stereocenters. The normalized spacial score (nSPS) is 11.4. The highest BCUT2D eigenvalue weighted by Gasteiger charge is 2.30. The summed E-state index contributed by atoms with van der Waals surface area (Å²) in [6.07, 6.45) is -3.19. The van der Waals surface area contributed by atoms with E-state index in [1.54, 1.807) is 12.1 Å². The van der Waals surface area contributed by atoms with Crippen LogP contribution in [0.1, 0.15) is 10.4 Å². The minimum Gasteiger partial charge on any atom is -0.318 e. The highest BCUT2D eigenvalue weighted by Crippen LogP contribution is 2.30. The lowest BCUT2D eigenvalue weighted by atomic mass is 10.2. The predicted octanol–water partition coefficient (Wildman–Crippen LogP) is 2.86. The molecule has 0 unspecified atom stereocenters. The SMILES string of the molecule is O=C(N/N=C/c1cccs1)C(=O)Nc1cccc(C(F)(F)F)c1. The summed E-state index contributed by atoms with van der Waals surface area (Å²) in [5.41, 5.74) is 0.927. The molecule has 2 rings (SSSR count). The summed E-state index contributed by atoms with van der Waals surface area (Å²) >= 11 is 1.38. The Morgan fingerprint density at radius 1 is 1.13 bits per heavy atom. The number of carbonyl (C=O) groups is 2. The highest BCUT2D eigenvalue weighted by molar-refractivity contribution is 7.11. The molecule has 5 nitrogen and oxygen atoms in total. The van der Waals surface area contributed by atoms with Crippen LogP contribution in [0.5, 0.6) is 0 Å². The number of nitrogens with one attached hydrogen (secondary N) is 2. The Kier molecular flexibility index (Phi) is 5.12. The Balaban J connectivity index is 1.94. The first-order chi connectivity index (χ1) is 10.9. The standard InChI is InChI=1S/C14H10F3N3O2S/c15-14(16,17)9-3-1-4-10(7-9)19-12(21)13(22)20-18-8-11-5-2-6-23-11/h1-8H,(H,19,21)(H,20,22)/b18-8+. The van der Waals surface area contributed by atoms with Gasteiger partial charge in [-0.2, -0.15) is 18.3 Å². The number of anilines is 1. The van der Waals surface area contributed by atoms with E-state index in [2.05, 4.69) is 10.4 Å². The maximum absolute atomic E-state index is 12.6. The van der Waals surface area contributed by atoms with Crippen LogP contribution in [0.3, 0.4) is 0 Å². The maximum atomic E-state index is 12.6. The summed E-state index contributed by atoms with van der Waals surface area (Å²) in [5, 5.41) is 7.46. The molecule has 1 heterocycles. The number of carbonyl (C=O) groups excluding carboxylic acids is 2. The van der Waals surface area contributed by atoms with Crippen molar-refractivity contribution in [3.8, 4) is 0 Å². The van der Waals surface area contributed by atoms with Gasteiger partial charge in [-0.3, -0.25) is 9.59 Å². The second kappa shape index (κ2) is 7.05. The fourth-order valence-corrected chi connectivity index (χ4v) is 2.12. The predicted molar refractivity (Wildman–Crippen MR) is 80.1 cm³/mol. The van der Waals surface area contributed by atoms with Gasteiger partial charge in [0.25, 0.3) is 0 Å². The van der Waals surface area contributed by atoms with E-state index in [-0.39, 0.29) is 5.69 Å². The van der Waals surface area contributed by atoms with E-state index in [0.717, 1.165) is 23.1 Å². The van der Waals surface area contributed by atoms with Crippen molar-refractivity contribution in [3.63, 3.8) is 0 Å². The summed E-state index contributed by atoms with van der Waals surface area (Å²) in [7, 11) is 0. The van der Waals surface area contributed by atoms with Crippen molar-refractivity contribution in [2.75, 3.05) is 5.32 Å². The van der Waals surface area contributed by atoms with Crippen molar-refractivity contribution in [2.45, 2.75) is 6.18 Å². The first-order valence-corrected chi connectivity index (χ1v) is 7.09. The van der Waals surface area contributed by atoms with Crippen LogP contribution in [0.2, 0.25) is 0 Å². The van der Waals surface area contributed by atoms with Crippen LogP contribution in [0.4, 0.5) is 18.9 Å². The van der Waals surface area contributed by atoms with Gasteiger partial charge in [0.1, 0.15) is 0 Å². The van der Waals surface area contributed by atoms with Crippen LogP contribution in [0.25, 0.3) is 0 Å². The van der Waals surface area contributed by atoms with Crippen molar-refractivity contribution in [1.82, 2.24) is 5.43 Å². The first kappa shape index (κ1) is 16.7. The molecule has 2 N–H and O–H groups in total. The van der Waals surface area contributed by atoms with Gasteiger partial charge < -0.3 is 5.32 Å². The second-order valence-electron chi connectivity index (χ2n) is 4.25. The number of amides is 2. The quantitative estimate of drug-likeness (QED) is 0.512. The number of thiophene rings is 1. The summed E-state index contributed by atoms with van der Waals surface area (Å²) in [6, 6.07) is 7.51. The molecule has 0 aliphatic heterocycles. The first-order valence-electron chi connectivity index (χ1n) is 6.21. The van der Waals surface area contributed by atoms with Crippen LogP contribution < -0.4 is 10.7 Å². The summed E-state index contributed by atoms with van der Waals surface area (Å²) in [5.74, 6) is -2.21. The largest absolute Gasteiger partial charge is 0.416 e. The third-order valence-corrected chi connectivity index (χ3v) is 3.36. The topological polar surface area (TPSA) is 70.6 Å². The van der Waals surface area contributed by atoms with E-state index in [9.17, 15) is 22.8 Å². The van der Waals surface area contributed by atoms with Gasteiger partial charge in [-0.1, -0.05) is 12.1 Å². The van der Waals surface area contributed by atoms with Gasteiger partial charge in [0.05, 0.1) is 11.8 Å². The molecule has 0 radical (unpaired) electrons. The summed E-state index contributed by atoms with van der Waals surface area (Å²) in [6.45, 7) is 0. The maximum Gasteiger partial charge on any atom is 0.416 e. The van der Waals surface area contributed by atoms with Crippen molar-refractivity contribution >= 4 is 35.1 Å². The van der Waals surface area contributed by atoms with Crippen molar-refractivity contribution < 1.29 is 22.8 Å². The molecular formula is C14H10F3N3O2S. The van der Waals surface area contributed by atoms with E-state index in [0.29, 0.717) is 0 Å². The van der Waals surface area contributed by atoms with Gasteiger partial charge in [-0.15, -0.1) is 11.3 Å². The molecule has 0 saturated carbocycles. The number of hydrazone groups is 1. The lowest BCUT2D eigenvalue weighted by Crippen LogP contribution is -2.32. The van der Waals surface area contributed by atoms with Gasteiger partial charge in [0, 0.05) is 10.6 Å². The average Bonchev–Trinajstić information content (AvgIpc) is 3.00. The molecule has 23 heavy (non-hydrogen) atoms. The zero-order valence-corrected chi connectivity index (χ0v) is 12.2. The van der Waals surface area contributed by atoms with Gasteiger partial charge in [-0.25, -0.2) is 5.43 Å². The van der Waals surface area contributed by atoms with Crippen molar-refractivity contribution in [2.24, 2.45) is 5.10 Å². The average molecular weight is 341 g/mol. The molecular weight excluding hydrogens is 331 g/mol. The molecule has 0 aliphatic carbocycles. The second-order valence-corrected chi connectivity index (χ2v) is 5.23. The van der Waals surface area contributed by atoms with Crippen LogP contribution in [-0.4, -0.2) is 18.0 Å².